The Balaban J connectivity index is 1.25. The molecule has 198 valence electrons. The molecule has 3 aromatic carbocycles. The largest absolute Gasteiger partial charge is 0.322 e. The van der Waals surface area contributed by atoms with Crippen LogP contribution in [0.3, 0.4) is 0 Å². The number of hydrogen-bond donors (Lipinski definition) is 1. The van der Waals surface area contributed by atoms with Crippen molar-refractivity contribution in [3.63, 3.8) is 0 Å². The maximum absolute atomic E-state index is 12.8. The molecule has 6 nitrogen and oxygen atoms in total. The zero-order valence-corrected chi connectivity index (χ0v) is 23.5. The molecule has 1 aliphatic heterocycles. The van der Waals surface area contributed by atoms with Gasteiger partial charge in [0.1, 0.15) is 5.37 Å². The molecule has 0 saturated carbocycles. The average molecular weight is 537 g/mol. The Bertz CT molecular complexity index is 1520. The summed E-state index contributed by atoms with van der Waals surface area (Å²) >= 11 is 1.61. The molecule has 5 rings (SSSR count). The molecule has 0 spiro atoms. The van der Waals surface area contributed by atoms with Crippen molar-refractivity contribution in [2.75, 3.05) is 5.75 Å². The van der Waals surface area contributed by atoms with E-state index < -0.39 is 0 Å². The summed E-state index contributed by atoms with van der Waals surface area (Å²) in [5.41, 5.74) is 11.9. The van der Waals surface area contributed by atoms with Gasteiger partial charge in [-0.3, -0.25) is 9.59 Å². The summed E-state index contributed by atoms with van der Waals surface area (Å²) in [6, 6.07) is 26.0. The van der Waals surface area contributed by atoms with Crippen LogP contribution < -0.4 is 5.43 Å². The Hall–Kier alpha value is -4.10. The summed E-state index contributed by atoms with van der Waals surface area (Å²) in [6.45, 7) is 8.89. The summed E-state index contributed by atoms with van der Waals surface area (Å²) in [6.07, 6.45) is 1.69. The van der Waals surface area contributed by atoms with E-state index >= 15 is 0 Å². The third-order valence-electron chi connectivity index (χ3n) is 6.93. The van der Waals surface area contributed by atoms with Crippen molar-refractivity contribution in [3.05, 3.63) is 124 Å². The second-order valence-electron chi connectivity index (χ2n) is 10.00. The molecule has 39 heavy (non-hydrogen) atoms. The fourth-order valence-electron chi connectivity index (χ4n) is 5.10. The van der Waals surface area contributed by atoms with Crippen LogP contribution in [0.1, 0.15) is 54.9 Å². The number of carbonyl (C=O) groups is 2. The number of nitrogens with one attached hydrogen (secondary N) is 1. The minimum Gasteiger partial charge on any atom is -0.322 e. The van der Waals surface area contributed by atoms with Gasteiger partial charge in [-0.15, -0.1) is 11.8 Å². The van der Waals surface area contributed by atoms with Gasteiger partial charge in [-0.1, -0.05) is 48.5 Å². The van der Waals surface area contributed by atoms with E-state index in [0.717, 1.165) is 33.8 Å². The number of thioether (sulfide) groups is 1. The maximum atomic E-state index is 12.8. The molecule has 7 heteroatoms. The highest BCUT2D eigenvalue weighted by atomic mass is 32.2. The van der Waals surface area contributed by atoms with E-state index in [1.807, 2.05) is 47.4 Å². The number of hydrazone groups is 1. The molecule has 1 saturated heterocycles. The Morgan fingerprint density at radius 2 is 1.67 bits per heavy atom. The predicted octanol–water partition coefficient (Wildman–Crippen LogP) is 6.25. The van der Waals surface area contributed by atoms with Gasteiger partial charge in [0.25, 0.3) is 5.91 Å². The van der Waals surface area contributed by atoms with Crippen LogP contribution in [0, 0.1) is 27.7 Å². The standard InChI is InChI=1S/C32H32N4O2S/c1-21-14-22(2)16-29(15-21)36-23(3)17-28(24(36)4)18-33-34-31(38)26-10-12-27(13-11-26)32-35(30(37)20-39-32)19-25-8-6-5-7-9-25/h5-18,32H,19-20H2,1-4H3,(H,34,38)/b33-18-/t32-/m1/s1. The lowest BCUT2D eigenvalue weighted by molar-refractivity contribution is -0.128. The second kappa shape index (κ2) is 11.3. The summed E-state index contributed by atoms with van der Waals surface area (Å²) in [7, 11) is 0. The lowest BCUT2D eigenvalue weighted by Crippen LogP contribution is -2.27. The monoisotopic (exact) mass is 536 g/mol. The Labute approximate surface area is 233 Å². The molecule has 1 atom stereocenters. The Kier molecular flexibility index (Phi) is 7.70. The van der Waals surface area contributed by atoms with Gasteiger partial charge in [-0.05, 0) is 80.3 Å². The van der Waals surface area contributed by atoms with E-state index in [-0.39, 0.29) is 17.2 Å². The molecule has 0 bridgehead atoms. The first-order valence-electron chi connectivity index (χ1n) is 13.0. The number of aryl methyl sites for hydroxylation is 3. The zero-order chi connectivity index (χ0) is 27.5. The fraction of sp³-hybridized carbons (Fsp3) is 0.219. The molecular formula is C32H32N4O2S. The van der Waals surface area contributed by atoms with Crippen molar-refractivity contribution >= 4 is 29.8 Å². The molecule has 1 fully saturated rings. The van der Waals surface area contributed by atoms with Crippen LogP contribution in [0.4, 0.5) is 0 Å². The Morgan fingerprint density at radius 1 is 0.974 bits per heavy atom. The number of amides is 2. The molecule has 1 N–H and O–H groups in total. The fourth-order valence-corrected chi connectivity index (χ4v) is 6.29. The molecule has 2 heterocycles. The second-order valence-corrected chi connectivity index (χ2v) is 11.1. The van der Waals surface area contributed by atoms with Crippen molar-refractivity contribution in [1.29, 1.82) is 0 Å². The van der Waals surface area contributed by atoms with E-state index in [1.165, 1.54) is 11.1 Å². The van der Waals surface area contributed by atoms with Gasteiger partial charge in [-0.25, -0.2) is 5.43 Å². The Morgan fingerprint density at radius 3 is 2.36 bits per heavy atom. The van der Waals surface area contributed by atoms with Crippen LogP contribution in [0.15, 0.2) is 84.0 Å². The highest BCUT2D eigenvalue weighted by Crippen LogP contribution is 2.39. The quantitative estimate of drug-likeness (QED) is 0.224. The number of hydrogen-bond acceptors (Lipinski definition) is 4. The summed E-state index contributed by atoms with van der Waals surface area (Å²) in [4.78, 5) is 27.2. The first-order valence-corrected chi connectivity index (χ1v) is 14.0. The van der Waals surface area contributed by atoms with Crippen LogP contribution in [0.25, 0.3) is 5.69 Å². The number of benzene rings is 3. The van der Waals surface area contributed by atoms with Crippen molar-refractivity contribution in [2.24, 2.45) is 5.10 Å². The number of nitrogens with zero attached hydrogens (tertiary/aromatic N) is 3. The zero-order valence-electron chi connectivity index (χ0n) is 22.6. The SMILES string of the molecule is Cc1cc(C)cc(-n2c(C)cc(/C=N\NC(=O)c3ccc([C@H]4SCC(=O)N4Cc4ccccc4)cc3)c2C)c1. The van der Waals surface area contributed by atoms with E-state index in [2.05, 4.69) is 67.1 Å². The predicted molar refractivity (Wildman–Crippen MR) is 158 cm³/mol. The summed E-state index contributed by atoms with van der Waals surface area (Å²) in [5.74, 6) is 0.303. The number of aromatic nitrogens is 1. The van der Waals surface area contributed by atoms with Crippen LogP contribution in [0.2, 0.25) is 0 Å². The smallest absolute Gasteiger partial charge is 0.271 e. The van der Waals surface area contributed by atoms with Crippen LogP contribution in [-0.2, 0) is 11.3 Å². The highest BCUT2D eigenvalue weighted by molar-refractivity contribution is 8.00. The lowest BCUT2D eigenvalue weighted by Gasteiger charge is -2.24. The van der Waals surface area contributed by atoms with Gasteiger partial charge in [0.15, 0.2) is 0 Å². The molecular weight excluding hydrogens is 504 g/mol. The van der Waals surface area contributed by atoms with Crippen molar-refractivity contribution in [2.45, 2.75) is 39.6 Å². The van der Waals surface area contributed by atoms with E-state index in [0.29, 0.717) is 17.9 Å². The first-order chi connectivity index (χ1) is 18.8. The van der Waals surface area contributed by atoms with Crippen molar-refractivity contribution in [3.8, 4) is 5.69 Å². The molecule has 0 radical (unpaired) electrons. The van der Waals surface area contributed by atoms with E-state index in [9.17, 15) is 9.59 Å². The normalized spacial score (nSPS) is 15.3. The molecule has 0 unspecified atom stereocenters. The van der Waals surface area contributed by atoms with Crippen molar-refractivity contribution in [1.82, 2.24) is 14.9 Å². The minimum absolute atomic E-state index is 0.0692. The molecule has 1 aliphatic rings. The van der Waals surface area contributed by atoms with E-state index in [4.69, 9.17) is 0 Å². The van der Waals surface area contributed by atoms with E-state index in [1.54, 1.807) is 30.1 Å². The molecule has 2 amide bonds. The number of carbonyl (C=O) groups excluding carboxylic acids is 2. The molecule has 4 aromatic rings. The van der Waals surface area contributed by atoms with Crippen LogP contribution in [0.5, 0.6) is 0 Å². The van der Waals surface area contributed by atoms with Gasteiger partial charge in [0.05, 0.1) is 12.0 Å². The maximum Gasteiger partial charge on any atom is 0.271 e. The van der Waals surface area contributed by atoms with Gasteiger partial charge < -0.3 is 9.47 Å². The molecule has 0 aliphatic carbocycles. The highest BCUT2D eigenvalue weighted by Gasteiger charge is 2.32. The average Bonchev–Trinajstić information content (AvgIpc) is 3.41. The van der Waals surface area contributed by atoms with Gasteiger partial charge in [0, 0.05) is 34.7 Å². The minimum atomic E-state index is -0.280. The topological polar surface area (TPSA) is 66.7 Å². The van der Waals surface area contributed by atoms with Crippen molar-refractivity contribution < 1.29 is 9.59 Å². The van der Waals surface area contributed by atoms with Crippen LogP contribution in [-0.4, -0.2) is 33.2 Å². The summed E-state index contributed by atoms with van der Waals surface area (Å²) < 4.78 is 2.20. The first kappa shape index (κ1) is 26.5. The van der Waals surface area contributed by atoms with Gasteiger partial charge in [-0.2, -0.15) is 5.10 Å². The van der Waals surface area contributed by atoms with Gasteiger partial charge in [0.2, 0.25) is 5.91 Å². The van der Waals surface area contributed by atoms with Gasteiger partial charge >= 0.3 is 0 Å². The van der Waals surface area contributed by atoms with Crippen LogP contribution >= 0.6 is 11.8 Å². The number of rotatable bonds is 7. The third kappa shape index (κ3) is 5.83. The third-order valence-corrected chi connectivity index (χ3v) is 8.18. The summed E-state index contributed by atoms with van der Waals surface area (Å²) in [5, 5.41) is 4.17. The molecule has 1 aromatic heterocycles. The lowest BCUT2D eigenvalue weighted by atomic mass is 10.1.